The zero-order chi connectivity index (χ0) is 30.8. The van der Waals surface area contributed by atoms with E-state index in [2.05, 4.69) is 0 Å². The van der Waals surface area contributed by atoms with Gasteiger partial charge < -0.3 is 28.4 Å². The van der Waals surface area contributed by atoms with Crippen LogP contribution in [0.15, 0.2) is 70.1 Å². The van der Waals surface area contributed by atoms with Crippen LogP contribution in [0.25, 0.3) is 11.0 Å². The molecule has 4 aromatic rings. The second-order valence-corrected chi connectivity index (χ2v) is 11.9. The lowest BCUT2D eigenvalue weighted by Crippen LogP contribution is -2.45. The van der Waals surface area contributed by atoms with E-state index in [1.807, 2.05) is 6.07 Å². The van der Waals surface area contributed by atoms with Crippen LogP contribution in [0.3, 0.4) is 0 Å². The molecule has 3 heterocycles. The predicted molar refractivity (Wildman–Crippen MR) is 166 cm³/mol. The highest BCUT2D eigenvalue weighted by atomic mass is 35.5. The molecule has 0 aliphatic carbocycles. The zero-order valence-corrected chi connectivity index (χ0v) is 25.7. The molecule has 1 fully saturated rings. The van der Waals surface area contributed by atoms with E-state index in [4.69, 9.17) is 53.4 Å². The molecule has 1 aromatic heterocycles. The summed E-state index contributed by atoms with van der Waals surface area (Å²) in [6.45, 7) is 0.681. The molecule has 1 atom stereocenters. The molecule has 2 amide bonds. The molecule has 0 saturated carbocycles. The second kappa shape index (κ2) is 13.1. The minimum atomic E-state index is -0.393. The van der Waals surface area contributed by atoms with E-state index in [9.17, 15) is 14.4 Å². The number of fused-ring (bicyclic) bond motifs is 2. The monoisotopic (exact) mass is 656 g/mol. The van der Waals surface area contributed by atoms with Crippen LogP contribution >= 0.6 is 34.8 Å². The third-order valence-electron chi connectivity index (χ3n) is 7.56. The number of hydrogen-bond donors (Lipinski definition) is 0. The predicted octanol–water partition coefficient (Wildman–Crippen LogP) is 6.33. The van der Waals surface area contributed by atoms with Gasteiger partial charge in [0.25, 0.3) is 5.91 Å². The van der Waals surface area contributed by atoms with Gasteiger partial charge in [-0.3, -0.25) is 14.4 Å². The number of rotatable bonds is 9. The summed E-state index contributed by atoms with van der Waals surface area (Å²) in [5.74, 6) is 0.383. The fourth-order valence-electron chi connectivity index (χ4n) is 5.28. The molecule has 0 spiro atoms. The minimum Gasteiger partial charge on any atom is -0.464 e. The van der Waals surface area contributed by atoms with Gasteiger partial charge in [-0.05, 0) is 66.9 Å². The number of benzene rings is 3. The first-order valence-electron chi connectivity index (χ1n) is 14.0. The average molecular weight is 658 g/mol. The molecular weight excluding hydrogens is 631 g/mol. The Balaban J connectivity index is 1.31. The molecule has 2 aliphatic heterocycles. The van der Waals surface area contributed by atoms with Crippen LogP contribution in [-0.2, 0) is 22.6 Å². The molecule has 6 rings (SSSR count). The Morgan fingerprint density at radius 3 is 2.52 bits per heavy atom. The molecule has 0 N–H and O–H groups in total. The highest BCUT2D eigenvalue weighted by Gasteiger charge is 2.28. The third-order valence-corrected chi connectivity index (χ3v) is 8.53. The summed E-state index contributed by atoms with van der Waals surface area (Å²) in [6.07, 6.45) is 2.77. The maximum absolute atomic E-state index is 14.1. The fourth-order valence-corrected chi connectivity index (χ4v) is 5.75. The Morgan fingerprint density at radius 2 is 1.73 bits per heavy atom. The van der Waals surface area contributed by atoms with Crippen molar-refractivity contribution in [2.75, 3.05) is 26.5 Å². The Morgan fingerprint density at radius 1 is 0.886 bits per heavy atom. The number of nitrogens with zero attached hydrogens (tertiary/aromatic N) is 2. The zero-order valence-electron chi connectivity index (χ0n) is 23.4. The van der Waals surface area contributed by atoms with Gasteiger partial charge in [0.2, 0.25) is 12.7 Å². The number of halogens is 3. The van der Waals surface area contributed by atoms with Crippen LogP contribution in [0.2, 0.25) is 15.1 Å². The van der Waals surface area contributed by atoms with Gasteiger partial charge in [-0.1, -0.05) is 40.9 Å². The smallest absolute Gasteiger partial charge is 0.254 e. The Kier molecular flexibility index (Phi) is 9.00. The van der Waals surface area contributed by atoms with Gasteiger partial charge >= 0.3 is 0 Å². The second-order valence-electron chi connectivity index (χ2n) is 10.6. The summed E-state index contributed by atoms with van der Waals surface area (Å²) in [5.41, 5.74) is 1.37. The average Bonchev–Trinajstić information content (AvgIpc) is 3.71. The molecule has 44 heavy (non-hydrogen) atoms. The van der Waals surface area contributed by atoms with Gasteiger partial charge in [-0.15, -0.1) is 0 Å². The fraction of sp³-hybridized carbons (Fsp3) is 0.281. The van der Waals surface area contributed by atoms with Crippen molar-refractivity contribution in [3.63, 3.8) is 0 Å². The van der Waals surface area contributed by atoms with E-state index in [1.165, 1.54) is 28.2 Å². The molecule has 228 valence electrons. The first-order valence-corrected chi connectivity index (χ1v) is 15.1. The van der Waals surface area contributed by atoms with Gasteiger partial charge in [0, 0.05) is 30.3 Å². The normalized spacial score (nSPS) is 15.5. The SMILES string of the molecule is O=C(CN(CC1CCCO1)C(=O)c1ccc(Cl)c(Cl)c1)N(Cc1ccc2c(c1)OCO2)Cc1coc2ccc(Cl)cc2c1=O. The number of carbonyl (C=O) groups is 2. The lowest BCUT2D eigenvalue weighted by molar-refractivity contribution is -0.133. The first-order chi connectivity index (χ1) is 21.2. The summed E-state index contributed by atoms with van der Waals surface area (Å²) in [7, 11) is 0. The molecule has 1 unspecified atom stereocenters. The van der Waals surface area contributed by atoms with Gasteiger partial charge in [0.15, 0.2) is 16.9 Å². The quantitative estimate of drug-likeness (QED) is 0.207. The van der Waals surface area contributed by atoms with E-state index in [0.717, 1.165) is 18.4 Å². The van der Waals surface area contributed by atoms with Crippen molar-refractivity contribution in [1.82, 2.24) is 9.80 Å². The molecule has 12 heteroatoms. The minimum absolute atomic E-state index is 0.0766. The third kappa shape index (κ3) is 6.66. The molecule has 0 bridgehead atoms. The number of amides is 2. The molecular formula is C32H27Cl3N2O7. The van der Waals surface area contributed by atoms with Crippen molar-refractivity contribution >= 4 is 57.6 Å². The summed E-state index contributed by atoms with van der Waals surface area (Å²) in [4.78, 5) is 44.2. The van der Waals surface area contributed by atoms with E-state index in [0.29, 0.717) is 44.7 Å². The van der Waals surface area contributed by atoms with Crippen molar-refractivity contribution < 1.29 is 28.2 Å². The summed E-state index contributed by atoms with van der Waals surface area (Å²) in [5, 5.41) is 1.24. The Hall–Kier alpha value is -3.76. The van der Waals surface area contributed by atoms with E-state index in [1.54, 1.807) is 36.4 Å². The standard InChI is InChI=1S/C32H27Cl3N2O7/c33-22-5-8-27-24(12-22)31(39)21(17-42-27)14-36(13-19-3-7-28-29(10-19)44-18-43-28)30(38)16-37(15-23-2-1-9-41-23)32(40)20-4-6-25(34)26(35)11-20/h3-8,10-12,17,23H,1-2,9,13-16,18H2. The summed E-state index contributed by atoms with van der Waals surface area (Å²) >= 11 is 18.4. The lowest BCUT2D eigenvalue weighted by atomic mass is 10.1. The molecule has 9 nitrogen and oxygen atoms in total. The van der Waals surface area contributed by atoms with Crippen molar-refractivity contribution in [3.05, 3.63) is 103 Å². The first kappa shape index (κ1) is 30.3. The van der Waals surface area contributed by atoms with Crippen LogP contribution in [0.4, 0.5) is 0 Å². The topological polar surface area (TPSA) is 98.5 Å². The largest absolute Gasteiger partial charge is 0.464 e. The van der Waals surface area contributed by atoms with Gasteiger partial charge in [0.1, 0.15) is 12.1 Å². The van der Waals surface area contributed by atoms with Gasteiger partial charge in [0.05, 0.1) is 39.9 Å². The van der Waals surface area contributed by atoms with Crippen LogP contribution in [0.1, 0.15) is 34.3 Å². The molecule has 1 saturated heterocycles. The summed E-state index contributed by atoms with van der Waals surface area (Å²) < 4.78 is 22.5. The maximum Gasteiger partial charge on any atom is 0.254 e. The Bertz CT molecular complexity index is 1790. The highest BCUT2D eigenvalue weighted by molar-refractivity contribution is 6.42. The molecule has 0 radical (unpaired) electrons. The van der Waals surface area contributed by atoms with Crippen LogP contribution in [-0.4, -0.2) is 54.2 Å². The van der Waals surface area contributed by atoms with Gasteiger partial charge in [-0.25, -0.2) is 0 Å². The van der Waals surface area contributed by atoms with Crippen molar-refractivity contribution in [2.24, 2.45) is 0 Å². The maximum atomic E-state index is 14.1. The van der Waals surface area contributed by atoms with E-state index >= 15 is 0 Å². The number of hydrogen-bond acceptors (Lipinski definition) is 7. The molecule has 2 aliphatic rings. The van der Waals surface area contributed by atoms with Crippen LogP contribution in [0, 0.1) is 0 Å². The van der Waals surface area contributed by atoms with Crippen molar-refractivity contribution in [3.8, 4) is 11.5 Å². The highest BCUT2D eigenvalue weighted by Crippen LogP contribution is 2.33. The Labute approximate surface area is 267 Å². The number of carbonyl (C=O) groups excluding carboxylic acids is 2. The summed E-state index contributed by atoms with van der Waals surface area (Å²) in [6, 6.07) is 14.8. The molecule has 3 aromatic carbocycles. The van der Waals surface area contributed by atoms with Crippen LogP contribution < -0.4 is 14.9 Å². The van der Waals surface area contributed by atoms with Crippen molar-refractivity contribution in [1.29, 1.82) is 0 Å². The van der Waals surface area contributed by atoms with Crippen molar-refractivity contribution in [2.45, 2.75) is 32.0 Å². The lowest BCUT2D eigenvalue weighted by Gasteiger charge is -2.29. The number of ether oxygens (including phenoxy) is 3. The van der Waals surface area contributed by atoms with E-state index < -0.39 is 5.91 Å². The van der Waals surface area contributed by atoms with Crippen LogP contribution in [0.5, 0.6) is 11.5 Å². The van der Waals surface area contributed by atoms with Gasteiger partial charge in [-0.2, -0.15) is 0 Å². The van der Waals surface area contributed by atoms with E-state index in [-0.39, 0.29) is 61.0 Å².